The second-order valence-corrected chi connectivity index (χ2v) is 3.59. The number of rotatable bonds is 3. The third kappa shape index (κ3) is 2.82. The van der Waals surface area contributed by atoms with Crippen LogP contribution in [0.4, 0.5) is 5.69 Å². The molecule has 0 aliphatic heterocycles. The smallest absolute Gasteiger partial charge is 0.394 e. The topological polar surface area (TPSA) is 57.6 Å². The van der Waals surface area contributed by atoms with E-state index in [1.165, 1.54) is 12.6 Å². The predicted octanol–water partition coefficient (Wildman–Crippen LogP) is 1.69. The van der Waals surface area contributed by atoms with Crippen LogP contribution in [0.2, 0.25) is 0 Å². The van der Waals surface area contributed by atoms with Gasteiger partial charge in [-0.15, -0.1) is 0 Å². The summed E-state index contributed by atoms with van der Waals surface area (Å²) in [6, 6.07) is 7.33. The van der Waals surface area contributed by atoms with E-state index >= 15 is 0 Å². The molecule has 0 saturated carbocycles. The number of benzene rings is 1. The summed E-state index contributed by atoms with van der Waals surface area (Å²) in [5, 5.41) is 8.56. The SMILES string of the molecule is CCCc1ccc(N(C)C(=O)C(=O)O)cc1. The Bertz CT molecular complexity index is 384. The Hall–Kier alpha value is -1.84. The standard InChI is InChI=1S/C12H15NO3/c1-3-4-9-5-7-10(8-6-9)13(2)11(14)12(15)16/h5-8H,3-4H2,1-2H3,(H,15,16). The highest BCUT2D eigenvalue weighted by atomic mass is 16.4. The van der Waals surface area contributed by atoms with E-state index < -0.39 is 11.9 Å². The van der Waals surface area contributed by atoms with Crippen molar-refractivity contribution in [3.05, 3.63) is 29.8 Å². The lowest BCUT2D eigenvalue weighted by Crippen LogP contribution is -2.32. The molecular weight excluding hydrogens is 206 g/mol. The predicted molar refractivity (Wildman–Crippen MR) is 61.5 cm³/mol. The normalized spacial score (nSPS) is 9.88. The Balaban J connectivity index is 2.81. The van der Waals surface area contributed by atoms with Gasteiger partial charge in [-0.3, -0.25) is 4.79 Å². The van der Waals surface area contributed by atoms with E-state index in [0.717, 1.165) is 17.7 Å². The van der Waals surface area contributed by atoms with Crippen LogP contribution < -0.4 is 4.90 Å². The highest BCUT2D eigenvalue weighted by Gasteiger charge is 2.18. The summed E-state index contributed by atoms with van der Waals surface area (Å²) in [7, 11) is 1.45. The van der Waals surface area contributed by atoms with Gasteiger partial charge in [-0.2, -0.15) is 0 Å². The minimum absolute atomic E-state index is 0.590. The Kier molecular flexibility index (Phi) is 4.05. The molecule has 0 radical (unpaired) electrons. The molecule has 1 amide bonds. The molecule has 0 bridgehead atoms. The van der Waals surface area contributed by atoms with Gasteiger partial charge in [0, 0.05) is 12.7 Å². The summed E-state index contributed by atoms with van der Waals surface area (Å²) >= 11 is 0. The lowest BCUT2D eigenvalue weighted by molar-refractivity contribution is -0.148. The Morgan fingerprint density at radius 1 is 1.25 bits per heavy atom. The molecule has 86 valence electrons. The molecule has 16 heavy (non-hydrogen) atoms. The van der Waals surface area contributed by atoms with Gasteiger partial charge in [-0.05, 0) is 24.1 Å². The summed E-state index contributed by atoms with van der Waals surface area (Å²) in [5.74, 6) is -2.37. The van der Waals surface area contributed by atoms with Gasteiger partial charge in [0.1, 0.15) is 0 Å². The highest BCUT2D eigenvalue weighted by Crippen LogP contribution is 2.14. The lowest BCUT2D eigenvalue weighted by Gasteiger charge is -2.14. The fourth-order valence-corrected chi connectivity index (χ4v) is 1.44. The van der Waals surface area contributed by atoms with Crippen molar-refractivity contribution >= 4 is 17.6 Å². The number of likely N-dealkylation sites (N-methyl/N-ethyl adjacent to an activating group) is 1. The van der Waals surface area contributed by atoms with Crippen molar-refractivity contribution in [1.29, 1.82) is 0 Å². The van der Waals surface area contributed by atoms with E-state index in [1.807, 2.05) is 12.1 Å². The number of carbonyl (C=O) groups excluding carboxylic acids is 1. The van der Waals surface area contributed by atoms with Crippen LogP contribution in [0.5, 0.6) is 0 Å². The first-order valence-corrected chi connectivity index (χ1v) is 5.16. The highest BCUT2D eigenvalue weighted by molar-refractivity contribution is 6.37. The largest absolute Gasteiger partial charge is 0.474 e. The van der Waals surface area contributed by atoms with Gasteiger partial charge in [0.15, 0.2) is 0 Å². The Labute approximate surface area is 94.5 Å². The van der Waals surface area contributed by atoms with Gasteiger partial charge in [-0.1, -0.05) is 25.5 Å². The van der Waals surface area contributed by atoms with E-state index in [0.29, 0.717) is 5.69 Å². The van der Waals surface area contributed by atoms with Crippen molar-refractivity contribution < 1.29 is 14.7 Å². The van der Waals surface area contributed by atoms with Gasteiger partial charge in [0.2, 0.25) is 0 Å². The van der Waals surface area contributed by atoms with Crippen LogP contribution in [0.3, 0.4) is 0 Å². The van der Waals surface area contributed by atoms with E-state index in [9.17, 15) is 9.59 Å². The molecule has 1 N–H and O–H groups in total. The second-order valence-electron chi connectivity index (χ2n) is 3.59. The first-order valence-electron chi connectivity index (χ1n) is 5.16. The summed E-state index contributed by atoms with van der Waals surface area (Å²) in [5.41, 5.74) is 1.77. The molecule has 0 saturated heterocycles. The van der Waals surface area contributed by atoms with Gasteiger partial charge >= 0.3 is 11.9 Å². The average molecular weight is 221 g/mol. The first-order chi connectivity index (χ1) is 7.56. The number of nitrogens with zero attached hydrogens (tertiary/aromatic N) is 1. The lowest BCUT2D eigenvalue weighted by atomic mass is 10.1. The summed E-state index contributed by atoms with van der Waals surface area (Å²) < 4.78 is 0. The van der Waals surface area contributed by atoms with E-state index in [2.05, 4.69) is 6.92 Å². The van der Waals surface area contributed by atoms with Crippen LogP contribution in [0.1, 0.15) is 18.9 Å². The zero-order chi connectivity index (χ0) is 12.1. The maximum absolute atomic E-state index is 11.2. The Morgan fingerprint density at radius 2 is 1.81 bits per heavy atom. The fourth-order valence-electron chi connectivity index (χ4n) is 1.44. The maximum atomic E-state index is 11.2. The van der Waals surface area contributed by atoms with Crippen LogP contribution in [0.15, 0.2) is 24.3 Å². The molecule has 1 aromatic rings. The maximum Gasteiger partial charge on any atom is 0.394 e. The number of aryl methyl sites for hydroxylation is 1. The fraction of sp³-hybridized carbons (Fsp3) is 0.333. The number of carbonyl (C=O) groups is 2. The molecule has 0 fully saturated rings. The molecule has 1 aromatic carbocycles. The van der Waals surface area contributed by atoms with Crippen molar-refractivity contribution in [3.8, 4) is 0 Å². The minimum Gasteiger partial charge on any atom is -0.474 e. The third-order valence-corrected chi connectivity index (χ3v) is 2.35. The summed E-state index contributed by atoms with van der Waals surface area (Å²) in [4.78, 5) is 22.8. The average Bonchev–Trinajstić information content (AvgIpc) is 2.28. The molecule has 0 aliphatic carbocycles. The second kappa shape index (κ2) is 5.30. The van der Waals surface area contributed by atoms with Crippen LogP contribution in [-0.4, -0.2) is 24.0 Å². The van der Waals surface area contributed by atoms with Gasteiger partial charge in [0.05, 0.1) is 0 Å². The number of hydrogen-bond acceptors (Lipinski definition) is 2. The zero-order valence-corrected chi connectivity index (χ0v) is 9.43. The monoisotopic (exact) mass is 221 g/mol. The minimum atomic E-state index is -1.44. The molecule has 0 aliphatic rings. The molecule has 4 nitrogen and oxygen atoms in total. The Morgan fingerprint density at radius 3 is 2.25 bits per heavy atom. The van der Waals surface area contributed by atoms with Gasteiger partial charge < -0.3 is 10.0 Å². The summed E-state index contributed by atoms with van der Waals surface area (Å²) in [6.45, 7) is 2.09. The van der Waals surface area contributed by atoms with Crippen LogP contribution in [0.25, 0.3) is 0 Å². The number of carboxylic acids is 1. The van der Waals surface area contributed by atoms with Crippen LogP contribution in [0, 0.1) is 0 Å². The van der Waals surface area contributed by atoms with Crippen molar-refractivity contribution in [2.24, 2.45) is 0 Å². The van der Waals surface area contributed by atoms with Crippen molar-refractivity contribution in [3.63, 3.8) is 0 Å². The van der Waals surface area contributed by atoms with E-state index in [4.69, 9.17) is 5.11 Å². The van der Waals surface area contributed by atoms with Crippen molar-refractivity contribution in [1.82, 2.24) is 0 Å². The molecule has 0 unspecified atom stereocenters. The molecule has 0 atom stereocenters. The number of amides is 1. The van der Waals surface area contributed by atoms with Crippen molar-refractivity contribution in [2.75, 3.05) is 11.9 Å². The van der Waals surface area contributed by atoms with Crippen molar-refractivity contribution in [2.45, 2.75) is 19.8 Å². The molecule has 0 spiro atoms. The third-order valence-electron chi connectivity index (χ3n) is 2.35. The van der Waals surface area contributed by atoms with Crippen LogP contribution >= 0.6 is 0 Å². The molecule has 0 heterocycles. The summed E-state index contributed by atoms with van der Waals surface area (Å²) in [6.07, 6.45) is 2.04. The number of aliphatic carboxylic acids is 1. The van der Waals surface area contributed by atoms with E-state index in [1.54, 1.807) is 12.1 Å². The molecule has 1 rings (SSSR count). The number of anilines is 1. The number of hydrogen-bond donors (Lipinski definition) is 1. The molecule has 0 aromatic heterocycles. The molecule has 4 heteroatoms. The zero-order valence-electron chi connectivity index (χ0n) is 9.43. The van der Waals surface area contributed by atoms with Gasteiger partial charge in [0.25, 0.3) is 0 Å². The van der Waals surface area contributed by atoms with E-state index in [-0.39, 0.29) is 0 Å². The number of carboxylic acid groups (broad SMARTS) is 1. The van der Waals surface area contributed by atoms with Crippen LogP contribution in [-0.2, 0) is 16.0 Å². The van der Waals surface area contributed by atoms with Gasteiger partial charge in [-0.25, -0.2) is 4.79 Å². The quantitative estimate of drug-likeness (QED) is 0.790. The first kappa shape index (κ1) is 12.2. The molecular formula is C12H15NO3.